The minimum absolute atomic E-state index is 0.103. The van der Waals surface area contributed by atoms with E-state index in [4.69, 9.17) is 0 Å². The summed E-state index contributed by atoms with van der Waals surface area (Å²) >= 11 is 0. The molecule has 2 rings (SSSR count). The van der Waals surface area contributed by atoms with Crippen LogP contribution in [0.3, 0.4) is 0 Å². The van der Waals surface area contributed by atoms with Gasteiger partial charge in [0.05, 0.1) is 5.69 Å². The van der Waals surface area contributed by atoms with Crippen LogP contribution in [0.25, 0.3) is 5.69 Å². The zero-order chi connectivity index (χ0) is 14.7. The summed E-state index contributed by atoms with van der Waals surface area (Å²) in [6.07, 6.45) is 2.76. The van der Waals surface area contributed by atoms with Crippen LogP contribution in [-0.4, -0.2) is 9.78 Å². The van der Waals surface area contributed by atoms with Crippen molar-refractivity contribution in [3.8, 4) is 5.69 Å². The lowest BCUT2D eigenvalue weighted by molar-refractivity contribution is 0.623. The molecule has 1 heterocycles. The number of aryl methyl sites for hydroxylation is 1. The topological polar surface area (TPSA) is 37.8 Å². The van der Waals surface area contributed by atoms with Gasteiger partial charge in [0.15, 0.2) is 0 Å². The molecule has 0 aliphatic heterocycles. The first-order chi connectivity index (χ1) is 9.52. The predicted molar refractivity (Wildman–Crippen MR) is 83.7 cm³/mol. The van der Waals surface area contributed by atoms with Crippen molar-refractivity contribution in [2.45, 2.75) is 47.0 Å². The van der Waals surface area contributed by atoms with Crippen LogP contribution in [0.15, 0.2) is 29.1 Å². The summed E-state index contributed by atoms with van der Waals surface area (Å²) < 4.78 is 1.68. The molecule has 0 atom stereocenters. The lowest BCUT2D eigenvalue weighted by Gasteiger charge is -2.05. The van der Waals surface area contributed by atoms with Gasteiger partial charge < -0.3 is 0 Å². The minimum atomic E-state index is 0.103. The fraction of sp³-hybridized carbons (Fsp3) is 0.471. The molecule has 1 aromatic carbocycles. The van der Waals surface area contributed by atoms with Gasteiger partial charge in [0.1, 0.15) is 0 Å². The van der Waals surface area contributed by atoms with Gasteiger partial charge >= 0.3 is 0 Å². The van der Waals surface area contributed by atoms with Gasteiger partial charge in [0.25, 0.3) is 5.56 Å². The summed E-state index contributed by atoms with van der Waals surface area (Å²) in [7, 11) is 0. The molecule has 3 heteroatoms. The fourth-order valence-corrected chi connectivity index (χ4v) is 2.48. The molecule has 1 N–H and O–H groups in total. The molecular weight excluding hydrogens is 248 g/mol. The van der Waals surface area contributed by atoms with Crippen molar-refractivity contribution in [2.24, 2.45) is 5.92 Å². The molecule has 2 aromatic rings. The molecule has 0 unspecified atom stereocenters. The van der Waals surface area contributed by atoms with E-state index >= 15 is 0 Å². The van der Waals surface area contributed by atoms with Crippen LogP contribution in [0.2, 0.25) is 0 Å². The van der Waals surface area contributed by atoms with E-state index in [2.05, 4.69) is 25.9 Å². The molecule has 0 saturated heterocycles. The number of aromatic nitrogens is 2. The van der Waals surface area contributed by atoms with Gasteiger partial charge in [-0.3, -0.25) is 9.89 Å². The summed E-state index contributed by atoms with van der Waals surface area (Å²) in [6.45, 7) is 8.52. The highest BCUT2D eigenvalue weighted by molar-refractivity contribution is 5.35. The van der Waals surface area contributed by atoms with Crippen molar-refractivity contribution in [1.29, 1.82) is 0 Å². The van der Waals surface area contributed by atoms with Crippen molar-refractivity contribution in [1.82, 2.24) is 9.78 Å². The number of H-pyrrole nitrogens is 1. The van der Waals surface area contributed by atoms with Gasteiger partial charge in [-0.25, -0.2) is 4.68 Å². The Morgan fingerprint density at radius 1 is 1.20 bits per heavy atom. The van der Waals surface area contributed by atoms with Crippen molar-refractivity contribution in [3.05, 3.63) is 51.4 Å². The number of hydrogen-bond acceptors (Lipinski definition) is 1. The third kappa shape index (κ3) is 3.03. The molecule has 3 nitrogen and oxygen atoms in total. The molecule has 20 heavy (non-hydrogen) atoms. The Morgan fingerprint density at radius 2 is 1.85 bits per heavy atom. The maximum absolute atomic E-state index is 12.6. The van der Waals surface area contributed by atoms with E-state index in [1.807, 2.05) is 31.2 Å². The number of hydrogen-bond donors (Lipinski definition) is 1. The maximum atomic E-state index is 12.6. The van der Waals surface area contributed by atoms with Crippen LogP contribution in [0, 0.1) is 12.8 Å². The van der Waals surface area contributed by atoms with E-state index in [0.29, 0.717) is 5.92 Å². The van der Waals surface area contributed by atoms with E-state index < -0.39 is 0 Å². The smallest absolute Gasteiger partial charge is 0.274 e. The predicted octanol–water partition coefficient (Wildman–Crippen LogP) is 3.63. The SMILES string of the molecule is CCCc1c(CC(C)C)[nH]n(-c2ccc(C)cc2)c1=O. The molecule has 1 aromatic heterocycles. The first kappa shape index (κ1) is 14.6. The molecule has 0 aliphatic rings. The zero-order valence-corrected chi connectivity index (χ0v) is 12.9. The summed E-state index contributed by atoms with van der Waals surface area (Å²) in [5.74, 6) is 0.537. The summed E-state index contributed by atoms with van der Waals surface area (Å²) in [5, 5.41) is 3.31. The van der Waals surface area contributed by atoms with Gasteiger partial charge in [-0.2, -0.15) is 0 Å². The summed E-state index contributed by atoms with van der Waals surface area (Å²) in [4.78, 5) is 12.6. The fourth-order valence-electron chi connectivity index (χ4n) is 2.48. The van der Waals surface area contributed by atoms with E-state index in [0.717, 1.165) is 36.2 Å². The standard InChI is InChI=1S/C17H24N2O/c1-5-6-15-16(11-12(2)3)18-19(17(15)20)14-9-7-13(4)8-10-14/h7-10,12,18H,5-6,11H2,1-4H3. The van der Waals surface area contributed by atoms with Gasteiger partial charge in [0, 0.05) is 11.3 Å². The number of benzene rings is 1. The van der Waals surface area contributed by atoms with E-state index in [1.165, 1.54) is 5.56 Å². The number of nitrogens with zero attached hydrogens (tertiary/aromatic N) is 1. The summed E-state index contributed by atoms with van der Waals surface area (Å²) in [6, 6.07) is 8.04. The zero-order valence-electron chi connectivity index (χ0n) is 12.9. The normalized spacial score (nSPS) is 11.2. The Balaban J connectivity index is 2.48. The molecule has 0 amide bonds. The summed E-state index contributed by atoms with van der Waals surface area (Å²) in [5.41, 5.74) is 4.25. The van der Waals surface area contributed by atoms with Crippen LogP contribution < -0.4 is 5.56 Å². The Morgan fingerprint density at radius 3 is 2.40 bits per heavy atom. The Bertz CT molecular complexity index is 617. The first-order valence-electron chi connectivity index (χ1n) is 7.42. The highest BCUT2D eigenvalue weighted by atomic mass is 16.1. The van der Waals surface area contributed by atoms with Gasteiger partial charge in [-0.1, -0.05) is 44.9 Å². The second-order valence-electron chi connectivity index (χ2n) is 5.89. The second-order valence-corrected chi connectivity index (χ2v) is 5.89. The minimum Gasteiger partial charge on any atom is -0.295 e. The maximum Gasteiger partial charge on any atom is 0.274 e. The molecule has 0 fully saturated rings. The lowest BCUT2D eigenvalue weighted by Crippen LogP contribution is -2.17. The monoisotopic (exact) mass is 272 g/mol. The van der Waals surface area contributed by atoms with Crippen LogP contribution in [0.5, 0.6) is 0 Å². The van der Waals surface area contributed by atoms with Crippen LogP contribution in [0.1, 0.15) is 44.0 Å². The van der Waals surface area contributed by atoms with Crippen molar-refractivity contribution in [3.63, 3.8) is 0 Å². The number of rotatable bonds is 5. The van der Waals surface area contributed by atoms with E-state index in [1.54, 1.807) is 4.68 Å². The highest BCUT2D eigenvalue weighted by Gasteiger charge is 2.15. The van der Waals surface area contributed by atoms with Gasteiger partial charge in [-0.05, 0) is 37.8 Å². The van der Waals surface area contributed by atoms with Crippen molar-refractivity contribution in [2.75, 3.05) is 0 Å². The average Bonchev–Trinajstić information content (AvgIpc) is 2.68. The quantitative estimate of drug-likeness (QED) is 0.887. The van der Waals surface area contributed by atoms with Crippen LogP contribution in [-0.2, 0) is 12.8 Å². The third-order valence-corrected chi connectivity index (χ3v) is 3.48. The lowest BCUT2D eigenvalue weighted by atomic mass is 10.0. The highest BCUT2D eigenvalue weighted by Crippen LogP contribution is 2.14. The van der Waals surface area contributed by atoms with Gasteiger partial charge in [-0.15, -0.1) is 0 Å². The molecular formula is C17H24N2O. The van der Waals surface area contributed by atoms with E-state index in [-0.39, 0.29) is 5.56 Å². The van der Waals surface area contributed by atoms with E-state index in [9.17, 15) is 4.79 Å². The molecule has 108 valence electrons. The Labute approximate surface area is 120 Å². The number of nitrogens with one attached hydrogen (secondary N) is 1. The van der Waals surface area contributed by atoms with Crippen LogP contribution >= 0.6 is 0 Å². The largest absolute Gasteiger partial charge is 0.295 e. The second kappa shape index (κ2) is 6.12. The Kier molecular flexibility index (Phi) is 4.48. The number of aromatic amines is 1. The molecule has 0 spiro atoms. The third-order valence-electron chi connectivity index (χ3n) is 3.48. The molecule has 0 aliphatic carbocycles. The molecule has 0 saturated carbocycles. The average molecular weight is 272 g/mol. The van der Waals surface area contributed by atoms with Crippen LogP contribution in [0.4, 0.5) is 0 Å². The molecule has 0 bridgehead atoms. The van der Waals surface area contributed by atoms with Crippen molar-refractivity contribution >= 4 is 0 Å². The molecule has 0 radical (unpaired) electrons. The van der Waals surface area contributed by atoms with Gasteiger partial charge in [0.2, 0.25) is 0 Å². The van der Waals surface area contributed by atoms with Crippen molar-refractivity contribution < 1.29 is 0 Å². The Hall–Kier alpha value is -1.77. The first-order valence-corrected chi connectivity index (χ1v) is 7.42.